The van der Waals surface area contributed by atoms with Gasteiger partial charge in [-0.3, -0.25) is 14.9 Å². The highest BCUT2D eigenvalue weighted by Crippen LogP contribution is 2.29. The standard InChI is InChI=1S/C18H14N6O4/c1-12(25)22-18(16-11-19-23(20-16)14-5-3-2-4-6-14)28-17(21-22)13-7-9-15(10-8-13)24(26)27/h2-11,18H,1H3. The van der Waals surface area contributed by atoms with E-state index in [0.717, 1.165) is 10.7 Å². The van der Waals surface area contributed by atoms with Crippen molar-refractivity contribution in [3.05, 3.63) is 82.2 Å². The highest BCUT2D eigenvalue weighted by molar-refractivity contribution is 5.96. The first-order chi connectivity index (χ1) is 13.5. The second kappa shape index (κ2) is 6.91. The first kappa shape index (κ1) is 17.3. The number of amides is 1. The third-order valence-electron chi connectivity index (χ3n) is 4.04. The summed E-state index contributed by atoms with van der Waals surface area (Å²) in [5.41, 5.74) is 1.63. The molecule has 28 heavy (non-hydrogen) atoms. The number of carbonyl (C=O) groups is 1. The molecule has 3 aromatic rings. The van der Waals surface area contributed by atoms with Crippen molar-refractivity contribution in [1.82, 2.24) is 20.0 Å². The number of hydrogen-bond acceptors (Lipinski definition) is 7. The van der Waals surface area contributed by atoms with Crippen molar-refractivity contribution in [3.8, 4) is 5.69 Å². The molecule has 1 amide bonds. The number of ether oxygens (including phenoxy) is 1. The minimum absolute atomic E-state index is 0.0480. The Balaban J connectivity index is 1.61. The maximum Gasteiger partial charge on any atom is 0.269 e. The van der Waals surface area contributed by atoms with Crippen LogP contribution in [-0.2, 0) is 9.53 Å². The van der Waals surface area contributed by atoms with Crippen molar-refractivity contribution in [1.29, 1.82) is 0 Å². The number of para-hydroxylation sites is 1. The Hall–Kier alpha value is -4.08. The van der Waals surface area contributed by atoms with Crippen LogP contribution in [0, 0.1) is 10.1 Å². The van der Waals surface area contributed by atoms with E-state index in [0.29, 0.717) is 11.3 Å². The minimum atomic E-state index is -0.875. The molecule has 1 aliphatic rings. The van der Waals surface area contributed by atoms with Crippen LogP contribution in [0.1, 0.15) is 24.4 Å². The van der Waals surface area contributed by atoms with E-state index in [1.165, 1.54) is 42.2 Å². The number of nitro groups is 1. The molecule has 2 heterocycles. The fourth-order valence-corrected chi connectivity index (χ4v) is 2.68. The largest absolute Gasteiger partial charge is 0.444 e. The van der Waals surface area contributed by atoms with Gasteiger partial charge in [-0.15, -0.1) is 10.2 Å². The zero-order valence-electron chi connectivity index (χ0n) is 14.7. The Morgan fingerprint density at radius 1 is 1.14 bits per heavy atom. The predicted molar refractivity (Wildman–Crippen MR) is 97.3 cm³/mol. The molecule has 0 fully saturated rings. The number of nitrogens with zero attached hydrogens (tertiary/aromatic N) is 6. The summed E-state index contributed by atoms with van der Waals surface area (Å²) in [4.78, 5) is 23.8. The van der Waals surface area contributed by atoms with Crippen LogP contribution in [-0.4, -0.2) is 36.7 Å². The van der Waals surface area contributed by atoms with Gasteiger partial charge in [0.05, 0.1) is 16.8 Å². The van der Waals surface area contributed by atoms with Gasteiger partial charge >= 0.3 is 0 Å². The lowest BCUT2D eigenvalue weighted by molar-refractivity contribution is -0.384. The molecular formula is C18H14N6O4. The number of rotatable bonds is 4. The summed E-state index contributed by atoms with van der Waals surface area (Å²) in [5.74, 6) is -0.166. The molecule has 2 aromatic carbocycles. The minimum Gasteiger partial charge on any atom is -0.444 e. The third-order valence-corrected chi connectivity index (χ3v) is 4.04. The molecule has 4 rings (SSSR count). The van der Waals surface area contributed by atoms with Gasteiger partial charge in [-0.2, -0.15) is 14.9 Å². The quantitative estimate of drug-likeness (QED) is 0.508. The molecule has 1 aromatic heterocycles. The summed E-state index contributed by atoms with van der Waals surface area (Å²) in [6.45, 7) is 1.36. The van der Waals surface area contributed by atoms with E-state index in [1.807, 2.05) is 30.3 Å². The normalized spacial score (nSPS) is 15.8. The van der Waals surface area contributed by atoms with Crippen molar-refractivity contribution in [2.75, 3.05) is 0 Å². The van der Waals surface area contributed by atoms with Gasteiger partial charge < -0.3 is 4.74 Å². The van der Waals surface area contributed by atoms with Gasteiger partial charge in [0.25, 0.3) is 5.69 Å². The second-order valence-corrected chi connectivity index (χ2v) is 5.94. The van der Waals surface area contributed by atoms with Crippen molar-refractivity contribution in [3.63, 3.8) is 0 Å². The van der Waals surface area contributed by atoms with E-state index in [-0.39, 0.29) is 17.5 Å². The summed E-state index contributed by atoms with van der Waals surface area (Å²) in [5, 5.41) is 24.8. The maximum atomic E-state index is 12.0. The maximum absolute atomic E-state index is 12.0. The van der Waals surface area contributed by atoms with Gasteiger partial charge in [0, 0.05) is 24.6 Å². The van der Waals surface area contributed by atoms with Gasteiger partial charge in [0.2, 0.25) is 18.0 Å². The van der Waals surface area contributed by atoms with Crippen LogP contribution >= 0.6 is 0 Å². The Labute approximate surface area is 158 Å². The SMILES string of the molecule is CC(=O)N1N=C(c2ccc([N+](=O)[O-])cc2)OC1c1cnn(-c2ccccc2)n1. The van der Waals surface area contributed by atoms with E-state index < -0.39 is 11.2 Å². The molecule has 10 heteroatoms. The van der Waals surface area contributed by atoms with Gasteiger partial charge in [0.15, 0.2) is 0 Å². The van der Waals surface area contributed by atoms with Gasteiger partial charge in [0.1, 0.15) is 5.69 Å². The van der Waals surface area contributed by atoms with Crippen LogP contribution < -0.4 is 0 Å². The fourth-order valence-electron chi connectivity index (χ4n) is 2.68. The molecule has 1 unspecified atom stereocenters. The second-order valence-electron chi connectivity index (χ2n) is 5.94. The zero-order chi connectivity index (χ0) is 19.7. The Morgan fingerprint density at radius 2 is 1.86 bits per heavy atom. The smallest absolute Gasteiger partial charge is 0.269 e. The molecular weight excluding hydrogens is 364 g/mol. The first-order valence-corrected chi connectivity index (χ1v) is 8.30. The number of hydrazone groups is 1. The lowest BCUT2D eigenvalue weighted by Crippen LogP contribution is -2.25. The number of aromatic nitrogens is 3. The van der Waals surface area contributed by atoms with Gasteiger partial charge in [-0.25, -0.2) is 0 Å². The third kappa shape index (κ3) is 3.18. The van der Waals surface area contributed by atoms with Gasteiger partial charge in [-0.1, -0.05) is 18.2 Å². The van der Waals surface area contributed by atoms with Crippen LogP contribution in [0.2, 0.25) is 0 Å². The Bertz CT molecular complexity index is 1060. The van der Waals surface area contributed by atoms with Crippen molar-refractivity contribution >= 4 is 17.5 Å². The lowest BCUT2D eigenvalue weighted by Gasteiger charge is -2.16. The lowest BCUT2D eigenvalue weighted by atomic mass is 10.2. The van der Waals surface area contributed by atoms with E-state index in [4.69, 9.17) is 4.74 Å². The molecule has 0 radical (unpaired) electrons. The van der Waals surface area contributed by atoms with E-state index >= 15 is 0 Å². The van der Waals surface area contributed by atoms with Crippen LogP contribution in [0.5, 0.6) is 0 Å². The Morgan fingerprint density at radius 3 is 2.50 bits per heavy atom. The van der Waals surface area contributed by atoms with Crippen molar-refractivity contribution < 1.29 is 14.5 Å². The van der Waals surface area contributed by atoms with E-state index in [1.54, 1.807) is 0 Å². The monoisotopic (exact) mass is 378 g/mol. The summed E-state index contributed by atoms with van der Waals surface area (Å²) in [7, 11) is 0. The van der Waals surface area contributed by atoms with Crippen LogP contribution in [0.25, 0.3) is 5.69 Å². The number of nitro benzene ring substituents is 1. The average Bonchev–Trinajstić information content (AvgIpc) is 3.36. The topological polar surface area (TPSA) is 116 Å². The number of carbonyl (C=O) groups excluding carboxylic acids is 1. The average molecular weight is 378 g/mol. The predicted octanol–water partition coefficient (Wildman–Crippen LogP) is 2.41. The molecule has 0 bridgehead atoms. The molecule has 0 spiro atoms. The molecule has 0 aliphatic carbocycles. The molecule has 10 nitrogen and oxygen atoms in total. The number of hydrogen-bond donors (Lipinski definition) is 0. The highest BCUT2D eigenvalue weighted by atomic mass is 16.6. The molecule has 0 N–H and O–H groups in total. The summed E-state index contributed by atoms with van der Waals surface area (Å²) < 4.78 is 5.83. The van der Waals surface area contributed by atoms with Crippen molar-refractivity contribution in [2.45, 2.75) is 13.2 Å². The molecule has 0 saturated carbocycles. The molecule has 140 valence electrons. The van der Waals surface area contributed by atoms with Gasteiger partial charge in [-0.05, 0) is 24.3 Å². The highest BCUT2D eigenvalue weighted by Gasteiger charge is 2.35. The van der Waals surface area contributed by atoms with E-state index in [2.05, 4.69) is 15.3 Å². The summed E-state index contributed by atoms with van der Waals surface area (Å²) >= 11 is 0. The molecule has 0 saturated heterocycles. The van der Waals surface area contributed by atoms with Crippen LogP contribution in [0.3, 0.4) is 0 Å². The first-order valence-electron chi connectivity index (χ1n) is 8.30. The molecule has 1 aliphatic heterocycles. The van der Waals surface area contributed by atoms with Crippen LogP contribution in [0.15, 0.2) is 65.9 Å². The summed E-state index contributed by atoms with van der Waals surface area (Å²) in [6, 6.07) is 15.0. The molecule has 1 atom stereocenters. The number of benzene rings is 2. The van der Waals surface area contributed by atoms with Crippen molar-refractivity contribution in [2.24, 2.45) is 5.10 Å². The summed E-state index contributed by atoms with van der Waals surface area (Å²) in [6.07, 6.45) is 0.627. The number of non-ortho nitro benzene ring substituents is 1. The van der Waals surface area contributed by atoms with Crippen LogP contribution in [0.4, 0.5) is 5.69 Å². The zero-order valence-corrected chi connectivity index (χ0v) is 14.7. The fraction of sp³-hybridized carbons (Fsp3) is 0.111. The Kier molecular flexibility index (Phi) is 4.28. The van der Waals surface area contributed by atoms with E-state index in [9.17, 15) is 14.9 Å².